The van der Waals surface area contributed by atoms with Gasteiger partial charge in [0.2, 0.25) is 0 Å². The molecule has 1 N–H and O–H groups in total. The number of hydrogen-bond acceptors (Lipinski definition) is 2. The lowest BCUT2D eigenvalue weighted by molar-refractivity contribution is -0.0748. The van der Waals surface area contributed by atoms with Gasteiger partial charge < -0.3 is 5.11 Å². The average Bonchev–Trinajstić information content (AvgIpc) is 2.15. The van der Waals surface area contributed by atoms with Gasteiger partial charge >= 0.3 is 0 Å². The summed E-state index contributed by atoms with van der Waals surface area (Å²) in [6.07, 6.45) is 4.41. The van der Waals surface area contributed by atoms with Gasteiger partial charge in [0, 0.05) is 19.6 Å². The van der Waals surface area contributed by atoms with Crippen molar-refractivity contribution in [2.75, 3.05) is 19.6 Å². The number of hydrogen-bond donors (Lipinski definition) is 1. The molecule has 0 atom stereocenters. The molecule has 0 aromatic carbocycles. The molecule has 1 saturated carbocycles. The van der Waals surface area contributed by atoms with Crippen LogP contribution in [0.15, 0.2) is 0 Å². The summed E-state index contributed by atoms with van der Waals surface area (Å²) in [7, 11) is 0. The second-order valence-electron chi connectivity index (χ2n) is 7.66. The minimum atomic E-state index is -0.380. The first-order valence-corrected chi connectivity index (χ1v) is 7.23. The average molecular weight is 239 g/mol. The van der Waals surface area contributed by atoms with E-state index < -0.39 is 0 Å². The summed E-state index contributed by atoms with van der Waals surface area (Å²) in [6.45, 7) is 12.6. The van der Waals surface area contributed by atoms with Crippen LogP contribution in [0.4, 0.5) is 0 Å². The van der Waals surface area contributed by atoms with E-state index in [0.717, 1.165) is 31.2 Å². The molecule has 0 amide bonds. The van der Waals surface area contributed by atoms with Crippen molar-refractivity contribution in [1.82, 2.24) is 4.90 Å². The fourth-order valence-electron chi connectivity index (χ4n) is 3.12. The number of nitrogens with zero attached hydrogens (tertiary/aromatic N) is 1. The predicted octanol–water partition coefficient (Wildman–Crippen LogP) is 2.91. The Bertz CT molecular complexity index is 255. The van der Waals surface area contributed by atoms with Gasteiger partial charge in [0.25, 0.3) is 0 Å². The largest absolute Gasteiger partial charge is 0.389 e. The van der Waals surface area contributed by atoms with Crippen LogP contribution in [0.3, 0.4) is 0 Å². The Labute approximate surface area is 106 Å². The number of likely N-dealkylation sites (tertiary alicyclic amines) is 1. The minimum Gasteiger partial charge on any atom is -0.389 e. The highest BCUT2D eigenvalue weighted by Crippen LogP contribution is 2.37. The molecule has 2 nitrogen and oxygen atoms in total. The summed E-state index contributed by atoms with van der Waals surface area (Å²) in [5.41, 5.74) is 0.0512. The molecular weight excluding hydrogens is 210 g/mol. The van der Waals surface area contributed by atoms with Crippen molar-refractivity contribution in [3.05, 3.63) is 0 Å². The van der Waals surface area contributed by atoms with Crippen molar-refractivity contribution in [2.24, 2.45) is 17.3 Å². The van der Waals surface area contributed by atoms with Gasteiger partial charge in [0.15, 0.2) is 0 Å². The van der Waals surface area contributed by atoms with Gasteiger partial charge in [-0.15, -0.1) is 0 Å². The summed E-state index contributed by atoms with van der Waals surface area (Å²) in [5, 5.41) is 10.6. The molecule has 0 aromatic rings. The second kappa shape index (κ2) is 4.55. The molecule has 2 aliphatic rings. The lowest BCUT2D eigenvalue weighted by Crippen LogP contribution is -2.57. The summed E-state index contributed by atoms with van der Waals surface area (Å²) >= 11 is 0. The fraction of sp³-hybridized carbons (Fsp3) is 1.00. The minimum absolute atomic E-state index is 0.380. The van der Waals surface area contributed by atoms with Gasteiger partial charge in [-0.05, 0) is 42.9 Å². The van der Waals surface area contributed by atoms with Gasteiger partial charge in [-0.1, -0.05) is 27.7 Å². The molecule has 0 spiro atoms. The Kier molecular flexibility index (Phi) is 3.57. The van der Waals surface area contributed by atoms with Crippen LogP contribution in [0.1, 0.15) is 53.4 Å². The molecule has 1 aliphatic heterocycles. The highest BCUT2D eigenvalue weighted by molar-refractivity contribution is 4.94. The zero-order valence-electron chi connectivity index (χ0n) is 12.0. The molecule has 2 fully saturated rings. The summed E-state index contributed by atoms with van der Waals surface area (Å²) in [5.74, 6) is 1.63. The maximum atomic E-state index is 10.6. The van der Waals surface area contributed by atoms with E-state index in [0.29, 0.717) is 5.41 Å². The normalized spacial score (nSPS) is 36.9. The quantitative estimate of drug-likeness (QED) is 0.801. The zero-order valence-corrected chi connectivity index (χ0v) is 12.0. The first-order chi connectivity index (χ1) is 7.78. The highest BCUT2D eigenvalue weighted by atomic mass is 16.3. The summed E-state index contributed by atoms with van der Waals surface area (Å²) in [4.78, 5) is 2.45. The Morgan fingerprint density at radius 2 is 1.71 bits per heavy atom. The molecule has 2 heteroatoms. The zero-order chi connectivity index (χ0) is 12.7. The van der Waals surface area contributed by atoms with Crippen LogP contribution in [0.2, 0.25) is 0 Å². The summed E-state index contributed by atoms with van der Waals surface area (Å²) < 4.78 is 0. The van der Waals surface area contributed by atoms with E-state index in [4.69, 9.17) is 0 Å². The standard InChI is InChI=1S/C15H29NO/c1-12-5-7-15(17,8-6-12)11-16-9-13(10-16)14(2,3)4/h12-13,17H,5-11H2,1-4H3. The van der Waals surface area contributed by atoms with Crippen LogP contribution in [-0.2, 0) is 0 Å². The molecule has 17 heavy (non-hydrogen) atoms. The Morgan fingerprint density at radius 1 is 1.18 bits per heavy atom. The van der Waals surface area contributed by atoms with Gasteiger partial charge in [-0.25, -0.2) is 0 Å². The first-order valence-electron chi connectivity index (χ1n) is 7.23. The second-order valence-corrected chi connectivity index (χ2v) is 7.66. The molecule has 0 aromatic heterocycles. The van der Waals surface area contributed by atoms with Crippen molar-refractivity contribution >= 4 is 0 Å². The van der Waals surface area contributed by atoms with E-state index in [1.165, 1.54) is 25.9 Å². The third-order valence-electron chi connectivity index (χ3n) is 4.90. The van der Waals surface area contributed by atoms with Crippen LogP contribution >= 0.6 is 0 Å². The van der Waals surface area contributed by atoms with Crippen molar-refractivity contribution < 1.29 is 5.11 Å². The summed E-state index contributed by atoms with van der Waals surface area (Å²) in [6, 6.07) is 0. The SMILES string of the molecule is CC1CCC(O)(CN2CC(C(C)(C)C)C2)CC1. The van der Waals surface area contributed by atoms with E-state index in [9.17, 15) is 5.11 Å². The lowest BCUT2D eigenvalue weighted by atomic mass is 9.74. The van der Waals surface area contributed by atoms with E-state index >= 15 is 0 Å². The Hall–Kier alpha value is -0.0800. The third kappa shape index (κ3) is 3.23. The molecule has 0 radical (unpaired) electrons. The van der Waals surface area contributed by atoms with Crippen molar-refractivity contribution in [3.8, 4) is 0 Å². The highest BCUT2D eigenvalue weighted by Gasteiger charge is 2.40. The maximum absolute atomic E-state index is 10.6. The van der Waals surface area contributed by atoms with Gasteiger partial charge in [-0.3, -0.25) is 4.90 Å². The van der Waals surface area contributed by atoms with Gasteiger partial charge in [-0.2, -0.15) is 0 Å². The van der Waals surface area contributed by atoms with Crippen LogP contribution in [0, 0.1) is 17.3 Å². The van der Waals surface area contributed by atoms with Crippen molar-refractivity contribution in [1.29, 1.82) is 0 Å². The lowest BCUT2D eigenvalue weighted by Gasteiger charge is -2.49. The topological polar surface area (TPSA) is 23.5 Å². The van der Waals surface area contributed by atoms with Crippen LogP contribution in [-0.4, -0.2) is 35.2 Å². The maximum Gasteiger partial charge on any atom is 0.0774 e. The van der Waals surface area contributed by atoms with Gasteiger partial charge in [0.05, 0.1) is 5.60 Å². The number of aliphatic hydroxyl groups is 1. The van der Waals surface area contributed by atoms with E-state index in [2.05, 4.69) is 32.6 Å². The molecule has 1 aliphatic carbocycles. The molecule has 2 rings (SSSR count). The fourth-order valence-corrected chi connectivity index (χ4v) is 3.12. The molecule has 100 valence electrons. The van der Waals surface area contributed by atoms with Crippen LogP contribution < -0.4 is 0 Å². The molecule has 1 saturated heterocycles. The van der Waals surface area contributed by atoms with Crippen molar-refractivity contribution in [2.45, 2.75) is 59.0 Å². The van der Waals surface area contributed by atoms with E-state index in [-0.39, 0.29) is 5.60 Å². The Balaban J connectivity index is 1.76. The monoisotopic (exact) mass is 239 g/mol. The molecule has 0 bridgehead atoms. The van der Waals surface area contributed by atoms with E-state index in [1.807, 2.05) is 0 Å². The van der Waals surface area contributed by atoms with Crippen LogP contribution in [0.25, 0.3) is 0 Å². The number of rotatable bonds is 2. The molecule has 1 heterocycles. The molecule has 0 unspecified atom stereocenters. The van der Waals surface area contributed by atoms with Gasteiger partial charge in [0.1, 0.15) is 0 Å². The Morgan fingerprint density at radius 3 is 2.18 bits per heavy atom. The van der Waals surface area contributed by atoms with Crippen molar-refractivity contribution in [3.63, 3.8) is 0 Å². The number of β-amino-alcohol motifs (C(OH)–C–C–N with tert-alkyl or cyclic N) is 1. The predicted molar refractivity (Wildman–Crippen MR) is 72.0 cm³/mol. The van der Waals surface area contributed by atoms with Crippen LogP contribution in [0.5, 0.6) is 0 Å². The third-order valence-corrected chi connectivity index (χ3v) is 4.90. The van der Waals surface area contributed by atoms with E-state index in [1.54, 1.807) is 0 Å². The molecular formula is C15H29NO. The smallest absolute Gasteiger partial charge is 0.0774 e. The first kappa shape index (κ1) is 13.4.